The maximum atomic E-state index is 13.1. The molecule has 1 aliphatic heterocycles. The number of hydrogen-bond acceptors (Lipinski definition) is 6. The number of rotatable bonds is 12. The van der Waals surface area contributed by atoms with Crippen molar-refractivity contribution in [3.05, 3.63) is 63.7 Å². The van der Waals surface area contributed by atoms with Gasteiger partial charge in [-0.15, -0.1) is 23.2 Å². The molecule has 8 nitrogen and oxygen atoms in total. The monoisotopic (exact) mass is 509 g/mol. The van der Waals surface area contributed by atoms with E-state index in [1.54, 1.807) is 0 Å². The van der Waals surface area contributed by atoms with E-state index in [9.17, 15) is 14.9 Å². The summed E-state index contributed by atoms with van der Waals surface area (Å²) < 4.78 is 12.0. The summed E-state index contributed by atoms with van der Waals surface area (Å²) in [5.74, 6) is 0.694. The third kappa shape index (κ3) is 6.74. The Morgan fingerprint density at radius 3 is 2.71 bits per heavy atom. The largest absolute Gasteiger partial charge is 0.464 e. The van der Waals surface area contributed by atoms with Gasteiger partial charge in [-0.25, -0.2) is 0 Å². The molecule has 0 aromatic heterocycles. The first-order valence-corrected chi connectivity index (χ1v) is 12.3. The van der Waals surface area contributed by atoms with E-state index in [-0.39, 0.29) is 35.0 Å². The molecule has 2 aromatic rings. The third-order valence-corrected chi connectivity index (χ3v) is 6.39. The number of benzene rings is 2. The van der Waals surface area contributed by atoms with Crippen LogP contribution in [0.1, 0.15) is 42.1 Å². The fraction of sp³-hybridized carbons (Fsp3) is 0.458. The van der Waals surface area contributed by atoms with Gasteiger partial charge < -0.3 is 20.1 Å². The van der Waals surface area contributed by atoms with Crippen molar-refractivity contribution in [3.8, 4) is 5.75 Å². The van der Waals surface area contributed by atoms with Crippen molar-refractivity contribution in [2.24, 2.45) is 5.92 Å². The maximum Gasteiger partial charge on any atom is 0.270 e. The van der Waals surface area contributed by atoms with E-state index in [1.165, 1.54) is 18.2 Å². The number of nitro benzene ring substituents is 1. The number of alkyl halides is 2. The molecule has 2 aromatic carbocycles. The van der Waals surface area contributed by atoms with Gasteiger partial charge in [-0.05, 0) is 18.6 Å². The second kappa shape index (κ2) is 12.8. The highest BCUT2D eigenvalue weighted by Crippen LogP contribution is 2.30. The highest BCUT2D eigenvalue weighted by atomic mass is 35.5. The second-order valence-electron chi connectivity index (χ2n) is 8.15. The Morgan fingerprint density at radius 1 is 1.24 bits per heavy atom. The molecule has 0 spiro atoms. The Hall–Kier alpha value is -2.55. The van der Waals surface area contributed by atoms with Gasteiger partial charge in [-0.3, -0.25) is 14.9 Å². The number of fused-ring (bicyclic) bond motifs is 1. The lowest BCUT2D eigenvalue weighted by atomic mass is 10.00. The molecule has 2 N–H and O–H groups in total. The number of anilines is 1. The van der Waals surface area contributed by atoms with E-state index in [2.05, 4.69) is 17.6 Å². The summed E-state index contributed by atoms with van der Waals surface area (Å²) in [6.07, 6.45) is 2.23. The average molecular weight is 510 g/mol. The molecule has 3 rings (SSSR count). The molecule has 1 heterocycles. The summed E-state index contributed by atoms with van der Waals surface area (Å²) in [6, 6.07) is 11.5. The normalized spacial score (nSPS) is 15.8. The Bertz CT molecular complexity index is 987. The van der Waals surface area contributed by atoms with Gasteiger partial charge in [0.15, 0.2) is 0 Å². The van der Waals surface area contributed by atoms with Gasteiger partial charge in [-0.1, -0.05) is 38.0 Å². The number of non-ortho nitro benzene ring substituents is 1. The number of nitro groups is 1. The maximum absolute atomic E-state index is 13.1. The van der Waals surface area contributed by atoms with E-state index < -0.39 is 17.1 Å². The van der Waals surface area contributed by atoms with E-state index in [4.69, 9.17) is 32.7 Å². The minimum atomic E-state index is -0.535. The number of halogens is 2. The van der Waals surface area contributed by atoms with Crippen molar-refractivity contribution in [1.29, 1.82) is 0 Å². The minimum Gasteiger partial charge on any atom is -0.464 e. The van der Waals surface area contributed by atoms with Gasteiger partial charge in [0, 0.05) is 47.6 Å². The van der Waals surface area contributed by atoms with E-state index in [0.717, 1.165) is 30.6 Å². The molecule has 2 unspecified atom stereocenters. The van der Waals surface area contributed by atoms with Crippen LogP contribution in [0.15, 0.2) is 42.5 Å². The molecule has 0 saturated carbocycles. The van der Waals surface area contributed by atoms with Crippen LogP contribution in [-0.4, -0.2) is 41.5 Å². The standard InChI is InChI=1S/C24H29Cl2N3O5/c1-2-3-6-16(24-33-15-17-7-4-5-8-22(17)34-24)14-27-23(30)20-11-19(29(31)32)9-10-21(20)28-18(12-25)13-26/h4-5,7-11,16,18,24,28H,2-3,6,12-15H2,1H3,(H,27,30). The first kappa shape index (κ1) is 26.1. The van der Waals surface area contributed by atoms with Gasteiger partial charge in [0.2, 0.25) is 6.29 Å². The van der Waals surface area contributed by atoms with Crippen LogP contribution >= 0.6 is 23.2 Å². The molecule has 0 radical (unpaired) electrons. The number of nitrogens with one attached hydrogen (secondary N) is 2. The predicted molar refractivity (Wildman–Crippen MR) is 133 cm³/mol. The van der Waals surface area contributed by atoms with Crippen molar-refractivity contribution in [3.63, 3.8) is 0 Å². The fourth-order valence-electron chi connectivity index (χ4n) is 3.72. The lowest BCUT2D eigenvalue weighted by Gasteiger charge is -2.32. The molecule has 2 atom stereocenters. The van der Waals surface area contributed by atoms with Gasteiger partial charge in [-0.2, -0.15) is 0 Å². The van der Waals surface area contributed by atoms with Crippen molar-refractivity contribution < 1.29 is 19.2 Å². The predicted octanol–water partition coefficient (Wildman–Crippen LogP) is 5.32. The second-order valence-corrected chi connectivity index (χ2v) is 8.77. The lowest BCUT2D eigenvalue weighted by Crippen LogP contribution is -2.40. The Morgan fingerprint density at radius 2 is 2.00 bits per heavy atom. The van der Waals surface area contributed by atoms with E-state index in [0.29, 0.717) is 18.8 Å². The van der Waals surface area contributed by atoms with Gasteiger partial charge >= 0.3 is 0 Å². The van der Waals surface area contributed by atoms with Crippen LogP contribution in [0.25, 0.3) is 0 Å². The quantitative estimate of drug-likeness (QED) is 0.228. The van der Waals surface area contributed by atoms with Gasteiger partial charge in [0.1, 0.15) is 5.75 Å². The lowest BCUT2D eigenvalue weighted by molar-refractivity contribution is -0.384. The molecule has 10 heteroatoms. The molecule has 0 aliphatic carbocycles. The highest BCUT2D eigenvalue weighted by molar-refractivity contribution is 6.21. The number of nitrogens with zero attached hydrogens (tertiary/aromatic N) is 1. The van der Waals surface area contributed by atoms with Crippen LogP contribution in [-0.2, 0) is 11.3 Å². The minimum absolute atomic E-state index is 0.0919. The topological polar surface area (TPSA) is 103 Å². The Balaban J connectivity index is 1.75. The summed E-state index contributed by atoms with van der Waals surface area (Å²) >= 11 is 11.8. The van der Waals surface area contributed by atoms with Gasteiger partial charge in [0.25, 0.3) is 11.6 Å². The average Bonchev–Trinajstić information content (AvgIpc) is 2.86. The number of ether oxygens (including phenoxy) is 2. The molecule has 0 bridgehead atoms. The summed E-state index contributed by atoms with van der Waals surface area (Å²) in [5.41, 5.74) is 1.39. The van der Waals surface area contributed by atoms with Crippen molar-refractivity contribution in [1.82, 2.24) is 5.32 Å². The van der Waals surface area contributed by atoms with Crippen LogP contribution in [0.3, 0.4) is 0 Å². The van der Waals surface area contributed by atoms with Crippen LogP contribution in [0.4, 0.5) is 11.4 Å². The molecule has 1 aliphatic rings. The molecule has 34 heavy (non-hydrogen) atoms. The number of amides is 1. The number of para-hydroxylation sites is 1. The summed E-state index contributed by atoms with van der Waals surface area (Å²) in [7, 11) is 0. The van der Waals surface area contributed by atoms with Crippen molar-refractivity contribution in [2.75, 3.05) is 23.6 Å². The number of hydrogen-bond donors (Lipinski definition) is 2. The molecule has 0 saturated heterocycles. The molecule has 184 valence electrons. The van der Waals surface area contributed by atoms with Crippen LogP contribution in [0, 0.1) is 16.0 Å². The molecular weight excluding hydrogens is 481 g/mol. The van der Waals surface area contributed by atoms with E-state index >= 15 is 0 Å². The summed E-state index contributed by atoms with van der Waals surface area (Å²) in [6.45, 7) is 2.83. The van der Waals surface area contributed by atoms with Crippen molar-refractivity contribution >= 4 is 40.5 Å². The first-order chi connectivity index (χ1) is 16.5. The fourth-order valence-corrected chi connectivity index (χ4v) is 4.20. The third-order valence-electron chi connectivity index (χ3n) is 5.65. The van der Waals surface area contributed by atoms with Crippen LogP contribution < -0.4 is 15.4 Å². The molecular formula is C24H29Cl2N3O5. The Kier molecular flexibility index (Phi) is 9.80. The zero-order chi connectivity index (χ0) is 24.5. The number of unbranched alkanes of at least 4 members (excludes halogenated alkanes) is 1. The SMILES string of the molecule is CCCCC(CNC(=O)c1cc([N+](=O)[O-])ccc1NC(CCl)CCl)C1OCc2ccccc2O1. The summed E-state index contributed by atoms with van der Waals surface area (Å²) in [4.78, 5) is 23.9. The number of carbonyl (C=O) groups is 1. The summed E-state index contributed by atoms with van der Waals surface area (Å²) in [5, 5.41) is 17.3. The number of carbonyl (C=O) groups excluding carboxylic acids is 1. The zero-order valence-corrected chi connectivity index (χ0v) is 20.5. The molecule has 0 fully saturated rings. The van der Waals surface area contributed by atoms with Crippen LogP contribution in [0.5, 0.6) is 5.75 Å². The van der Waals surface area contributed by atoms with Gasteiger partial charge in [0.05, 0.1) is 23.1 Å². The van der Waals surface area contributed by atoms with E-state index in [1.807, 2.05) is 24.3 Å². The molecule has 1 amide bonds. The first-order valence-electron chi connectivity index (χ1n) is 11.3. The van der Waals surface area contributed by atoms with Crippen molar-refractivity contribution in [2.45, 2.75) is 45.1 Å². The zero-order valence-electron chi connectivity index (χ0n) is 19.0. The highest BCUT2D eigenvalue weighted by Gasteiger charge is 2.29. The van der Waals surface area contributed by atoms with Crippen LogP contribution in [0.2, 0.25) is 0 Å². The Labute approximate surface area is 209 Å². The smallest absolute Gasteiger partial charge is 0.270 e.